The van der Waals surface area contributed by atoms with Crippen molar-refractivity contribution in [2.45, 2.75) is 13.7 Å². The van der Waals surface area contributed by atoms with Crippen LogP contribution in [0.1, 0.15) is 5.82 Å². The summed E-state index contributed by atoms with van der Waals surface area (Å²) in [6.45, 7) is 1.98. The predicted octanol–water partition coefficient (Wildman–Crippen LogP) is 2.87. The summed E-state index contributed by atoms with van der Waals surface area (Å²) >= 11 is 0. The van der Waals surface area contributed by atoms with E-state index in [9.17, 15) is 8.78 Å². The van der Waals surface area contributed by atoms with Gasteiger partial charge in [-0.15, -0.1) is 0 Å². The summed E-state index contributed by atoms with van der Waals surface area (Å²) in [5.74, 6) is -0.316. The van der Waals surface area contributed by atoms with Crippen LogP contribution in [-0.2, 0) is 11.5 Å². The van der Waals surface area contributed by atoms with E-state index in [4.69, 9.17) is 10.5 Å². The molecule has 0 radical (unpaired) electrons. The second kappa shape index (κ2) is 5.34. The molecule has 5 nitrogen and oxygen atoms in total. The van der Waals surface area contributed by atoms with E-state index in [0.29, 0.717) is 16.9 Å². The number of nitrogens with two attached hydrogens (primary N) is 1. The lowest BCUT2D eigenvalue weighted by molar-refractivity contribution is 0.132. The fraction of sp³-hybridized carbons (Fsp3) is 0.200. The Labute approximate surface area is 125 Å². The molecule has 7 heteroatoms. The van der Waals surface area contributed by atoms with Crippen LogP contribution in [0.4, 0.5) is 14.6 Å². The van der Waals surface area contributed by atoms with Gasteiger partial charge in [0, 0.05) is 12.7 Å². The van der Waals surface area contributed by atoms with E-state index in [-0.39, 0.29) is 23.6 Å². The van der Waals surface area contributed by atoms with Crippen molar-refractivity contribution in [1.29, 1.82) is 0 Å². The summed E-state index contributed by atoms with van der Waals surface area (Å²) in [4.78, 5) is 7.86. The molecular weight excluding hydrogens is 290 g/mol. The first-order chi connectivity index (χ1) is 10.5. The number of aryl methyl sites for hydroxylation is 1. The summed E-state index contributed by atoms with van der Waals surface area (Å²) in [6.07, 6.45) is 1.02. The maximum atomic E-state index is 14.3. The number of imidazole rings is 1. The highest BCUT2D eigenvalue weighted by Gasteiger charge is 2.15. The molecule has 0 unspecified atom stereocenters. The van der Waals surface area contributed by atoms with Crippen LogP contribution in [0.25, 0.3) is 22.2 Å². The number of methoxy groups -OCH3 is 1. The molecule has 0 atom stereocenters. The monoisotopic (exact) mass is 304 g/mol. The van der Waals surface area contributed by atoms with E-state index < -0.39 is 11.6 Å². The zero-order valence-corrected chi connectivity index (χ0v) is 12.1. The number of pyridine rings is 1. The second-order valence-electron chi connectivity index (χ2n) is 4.92. The Balaban J connectivity index is 2.27. The number of nitrogen functional groups attached to an aromatic ring is 1. The number of aromatic nitrogens is 3. The predicted molar refractivity (Wildman–Crippen MR) is 79.0 cm³/mol. The van der Waals surface area contributed by atoms with Gasteiger partial charge in [-0.05, 0) is 30.7 Å². The fourth-order valence-corrected chi connectivity index (χ4v) is 2.42. The lowest BCUT2D eigenvalue weighted by atomic mass is 10.1. The molecule has 2 heterocycles. The SMILES string of the molecule is COCn1c(C)nc2c(F)cc(-c3cc(N)ncc3F)cc21. The van der Waals surface area contributed by atoms with Crippen molar-refractivity contribution >= 4 is 16.9 Å². The zero-order valence-electron chi connectivity index (χ0n) is 12.1. The Bertz CT molecular complexity index is 860. The Kier molecular flexibility index (Phi) is 3.50. The Hall–Kier alpha value is -2.54. The minimum atomic E-state index is -0.567. The molecule has 2 N–H and O–H groups in total. The lowest BCUT2D eigenvalue weighted by Crippen LogP contribution is -2.02. The molecule has 2 aromatic heterocycles. The van der Waals surface area contributed by atoms with Gasteiger partial charge in [-0.2, -0.15) is 0 Å². The first-order valence-corrected chi connectivity index (χ1v) is 6.58. The van der Waals surface area contributed by atoms with Crippen LogP contribution in [0, 0.1) is 18.6 Å². The van der Waals surface area contributed by atoms with Gasteiger partial charge in [0.25, 0.3) is 0 Å². The van der Waals surface area contributed by atoms with Gasteiger partial charge in [0.15, 0.2) is 5.82 Å². The van der Waals surface area contributed by atoms with E-state index in [1.807, 2.05) is 0 Å². The number of ether oxygens (including phenoxy) is 1. The lowest BCUT2D eigenvalue weighted by Gasteiger charge is -2.08. The van der Waals surface area contributed by atoms with Crippen LogP contribution in [0.15, 0.2) is 24.4 Å². The Morgan fingerprint density at radius 3 is 2.73 bits per heavy atom. The van der Waals surface area contributed by atoms with E-state index >= 15 is 0 Å². The summed E-state index contributed by atoms with van der Waals surface area (Å²) in [5, 5.41) is 0. The highest BCUT2D eigenvalue weighted by atomic mass is 19.1. The van der Waals surface area contributed by atoms with Crippen molar-refractivity contribution in [3.63, 3.8) is 0 Å². The van der Waals surface area contributed by atoms with Gasteiger partial charge in [-0.3, -0.25) is 0 Å². The minimum Gasteiger partial charge on any atom is -0.384 e. The van der Waals surface area contributed by atoms with Crippen molar-refractivity contribution < 1.29 is 13.5 Å². The standard InChI is InChI=1S/C15H14F2N4O/c1-8-20-15-11(16)3-9(4-13(15)21(8)7-22-2)10-5-14(18)19-6-12(10)17/h3-6H,7H2,1-2H3,(H2,18,19). The second-order valence-corrected chi connectivity index (χ2v) is 4.92. The maximum absolute atomic E-state index is 14.3. The maximum Gasteiger partial charge on any atom is 0.151 e. The van der Waals surface area contributed by atoms with Gasteiger partial charge in [-0.25, -0.2) is 18.7 Å². The van der Waals surface area contributed by atoms with Crippen molar-refractivity contribution in [2.24, 2.45) is 0 Å². The number of anilines is 1. The van der Waals surface area contributed by atoms with Crippen molar-refractivity contribution in [2.75, 3.05) is 12.8 Å². The zero-order chi connectivity index (χ0) is 15.9. The van der Waals surface area contributed by atoms with Crippen LogP contribution in [-0.4, -0.2) is 21.6 Å². The molecule has 0 saturated carbocycles. The largest absolute Gasteiger partial charge is 0.384 e. The van der Waals surface area contributed by atoms with Gasteiger partial charge in [0.2, 0.25) is 0 Å². The van der Waals surface area contributed by atoms with Crippen LogP contribution in [0.2, 0.25) is 0 Å². The summed E-state index contributed by atoms with van der Waals surface area (Å²) in [5.41, 5.74) is 6.90. The van der Waals surface area contributed by atoms with Crippen LogP contribution >= 0.6 is 0 Å². The third kappa shape index (κ3) is 2.29. The van der Waals surface area contributed by atoms with Gasteiger partial charge in [0.1, 0.15) is 29.7 Å². The average Bonchev–Trinajstić information content (AvgIpc) is 2.79. The van der Waals surface area contributed by atoms with Crippen molar-refractivity contribution in [3.8, 4) is 11.1 Å². The first kappa shape index (κ1) is 14.4. The van der Waals surface area contributed by atoms with Crippen molar-refractivity contribution in [1.82, 2.24) is 14.5 Å². The molecule has 0 aliphatic carbocycles. The minimum absolute atomic E-state index is 0.165. The van der Waals surface area contributed by atoms with Gasteiger partial charge in [0.05, 0.1) is 11.7 Å². The van der Waals surface area contributed by atoms with Crippen LogP contribution < -0.4 is 5.73 Å². The summed E-state index contributed by atoms with van der Waals surface area (Å²) in [7, 11) is 1.54. The normalized spacial score (nSPS) is 11.3. The van der Waals surface area contributed by atoms with E-state index in [1.54, 1.807) is 17.6 Å². The topological polar surface area (TPSA) is 66.0 Å². The Morgan fingerprint density at radius 2 is 2.00 bits per heavy atom. The number of fused-ring (bicyclic) bond motifs is 1. The Morgan fingerprint density at radius 1 is 1.23 bits per heavy atom. The molecule has 0 amide bonds. The number of nitrogens with zero attached hydrogens (tertiary/aromatic N) is 3. The number of halogens is 2. The number of hydrogen-bond acceptors (Lipinski definition) is 4. The third-order valence-electron chi connectivity index (χ3n) is 3.44. The average molecular weight is 304 g/mol. The highest BCUT2D eigenvalue weighted by molar-refractivity contribution is 5.83. The fourth-order valence-electron chi connectivity index (χ4n) is 2.42. The van der Waals surface area contributed by atoms with Gasteiger partial charge in [-0.1, -0.05) is 0 Å². The number of benzene rings is 1. The molecule has 3 rings (SSSR count). The quantitative estimate of drug-likeness (QED) is 0.808. The molecular formula is C15H14F2N4O. The van der Waals surface area contributed by atoms with Gasteiger partial charge < -0.3 is 15.0 Å². The molecule has 1 aromatic carbocycles. The first-order valence-electron chi connectivity index (χ1n) is 6.58. The van der Waals surface area contributed by atoms with Gasteiger partial charge >= 0.3 is 0 Å². The molecule has 3 aromatic rings. The summed E-state index contributed by atoms with van der Waals surface area (Å²) in [6, 6.07) is 4.28. The molecule has 114 valence electrons. The molecule has 0 saturated heterocycles. The molecule has 0 spiro atoms. The van der Waals surface area contributed by atoms with E-state index in [2.05, 4.69) is 9.97 Å². The van der Waals surface area contributed by atoms with Crippen LogP contribution in [0.3, 0.4) is 0 Å². The smallest absolute Gasteiger partial charge is 0.151 e. The van der Waals surface area contributed by atoms with E-state index in [1.165, 1.54) is 19.2 Å². The van der Waals surface area contributed by atoms with E-state index in [0.717, 1.165) is 6.20 Å². The molecule has 0 fully saturated rings. The third-order valence-corrected chi connectivity index (χ3v) is 3.44. The van der Waals surface area contributed by atoms with Crippen LogP contribution in [0.5, 0.6) is 0 Å². The number of rotatable bonds is 3. The summed E-state index contributed by atoms with van der Waals surface area (Å²) < 4.78 is 35.1. The highest BCUT2D eigenvalue weighted by Crippen LogP contribution is 2.29. The molecule has 0 aliphatic rings. The molecule has 0 aliphatic heterocycles. The van der Waals surface area contributed by atoms with Crippen molar-refractivity contribution in [3.05, 3.63) is 41.9 Å². The molecule has 0 bridgehead atoms. The molecule has 22 heavy (non-hydrogen) atoms. The number of hydrogen-bond donors (Lipinski definition) is 1.